The zero-order valence-corrected chi connectivity index (χ0v) is 11.7. The highest BCUT2D eigenvalue weighted by Gasteiger charge is 2.26. The number of ether oxygens (including phenoxy) is 2. The van der Waals surface area contributed by atoms with Crippen LogP contribution in [0, 0.1) is 5.92 Å². The second kappa shape index (κ2) is 5.59. The summed E-state index contributed by atoms with van der Waals surface area (Å²) in [4.78, 5) is 0. The van der Waals surface area contributed by atoms with E-state index in [4.69, 9.17) is 21.1 Å². The van der Waals surface area contributed by atoms with E-state index < -0.39 is 6.10 Å². The number of aliphatic hydroxyl groups excluding tert-OH is 1. The minimum absolute atomic E-state index is 0.314. The van der Waals surface area contributed by atoms with Gasteiger partial charge in [0.15, 0.2) is 11.5 Å². The molecule has 0 bridgehead atoms. The normalized spacial score (nSPS) is 21.2. The van der Waals surface area contributed by atoms with Crippen LogP contribution in [0.1, 0.15) is 43.8 Å². The summed E-state index contributed by atoms with van der Waals surface area (Å²) in [5.41, 5.74) is 0.776. The predicted octanol–water partition coefficient (Wildman–Crippen LogP) is 3.72. The Bertz CT molecular complexity index is 455. The lowest BCUT2D eigenvalue weighted by molar-refractivity contribution is 0.0841. The topological polar surface area (TPSA) is 38.7 Å². The van der Waals surface area contributed by atoms with Gasteiger partial charge in [0.25, 0.3) is 0 Å². The molecular formula is C15H19ClO3. The van der Waals surface area contributed by atoms with Gasteiger partial charge in [-0.05, 0) is 24.8 Å². The number of hydrogen-bond acceptors (Lipinski definition) is 3. The van der Waals surface area contributed by atoms with Crippen molar-refractivity contribution in [2.24, 2.45) is 5.92 Å². The molecule has 1 heterocycles. The van der Waals surface area contributed by atoms with E-state index in [2.05, 4.69) is 0 Å². The fraction of sp³-hybridized carbons (Fsp3) is 0.600. The quantitative estimate of drug-likeness (QED) is 0.898. The van der Waals surface area contributed by atoms with Crippen molar-refractivity contribution in [2.45, 2.75) is 38.2 Å². The molecule has 4 heteroatoms. The maximum Gasteiger partial charge on any atom is 0.162 e. The number of rotatable bonds is 2. The highest BCUT2D eigenvalue weighted by Crippen LogP contribution is 2.42. The molecule has 1 N–H and O–H groups in total. The van der Waals surface area contributed by atoms with Gasteiger partial charge in [-0.1, -0.05) is 30.9 Å². The van der Waals surface area contributed by atoms with E-state index in [1.807, 2.05) is 6.07 Å². The Morgan fingerprint density at radius 1 is 1.05 bits per heavy atom. The molecule has 19 heavy (non-hydrogen) atoms. The van der Waals surface area contributed by atoms with Crippen LogP contribution < -0.4 is 9.47 Å². The summed E-state index contributed by atoms with van der Waals surface area (Å²) in [5, 5.41) is 11.1. The van der Waals surface area contributed by atoms with Crippen molar-refractivity contribution < 1.29 is 14.6 Å². The van der Waals surface area contributed by atoms with Crippen LogP contribution in [-0.4, -0.2) is 18.3 Å². The molecule has 2 aliphatic rings. The first kappa shape index (κ1) is 13.1. The van der Waals surface area contributed by atoms with Crippen LogP contribution in [0.15, 0.2) is 12.1 Å². The first-order valence-corrected chi connectivity index (χ1v) is 7.40. The zero-order chi connectivity index (χ0) is 13.2. The standard InChI is InChI=1S/C15H19ClO3/c16-12-9-14-13(18-6-7-19-14)8-11(12)15(17)10-4-2-1-3-5-10/h8-10,15,17H,1-7H2. The van der Waals surface area contributed by atoms with E-state index in [0.29, 0.717) is 35.7 Å². The summed E-state index contributed by atoms with van der Waals surface area (Å²) < 4.78 is 11.1. The smallest absolute Gasteiger partial charge is 0.162 e. The first-order chi connectivity index (χ1) is 9.25. The van der Waals surface area contributed by atoms with Gasteiger partial charge in [0, 0.05) is 11.6 Å². The summed E-state index contributed by atoms with van der Waals surface area (Å²) in [6.07, 6.45) is 5.33. The number of aliphatic hydroxyl groups is 1. The van der Waals surface area contributed by atoms with Gasteiger partial charge in [0.05, 0.1) is 11.1 Å². The summed E-state index contributed by atoms with van der Waals surface area (Å²) >= 11 is 6.28. The number of benzene rings is 1. The second-order valence-electron chi connectivity index (χ2n) is 5.36. The van der Waals surface area contributed by atoms with Crippen molar-refractivity contribution in [1.82, 2.24) is 0 Å². The average molecular weight is 283 g/mol. The summed E-state index contributed by atoms with van der Waals surface area (Å²) in [6, 6.07) is 3.60. The van der Waals surface area contributed by atoms with Gasteiger partial charge in [0.1, 0.15) is 13.2 Å². The minimum Gasteiger partial charge on any atom is -0.486 e. The van der Waals surface area contributed by atoms with Crippen molar-refractivity contribution in [2.75, 3.05) is 13.2 Å². The highest BCUT2D eigenvalue weighted by atomic mass is 35.5. The Labute approximate surface area is 118 Å². The summed E-state index contributed by atoms with van der Waals surface area (Å²) in [6.45, 7) is 1.10. The fourth-order valence-electron chi connectivity index (χ4n) is 3.01. The monoisotopic (exact) mass is 282 g/mol. The lowest BCUT2D eigenvalue weighted by Crippen LogP contribution is -2.18. The van der Waals surface area contributed by atoms with E-state index in [1.165, 1.54) is 19.3 Å². The van der Waals surface area contributed by atoms with Gasteiger partial charge in [-0.15, -0.1) is 0 Å². The van der Waals surface area contributed by atoms with Gasteiger partial charge >= 0.3 is 0 Å². The van der Waals surface area contributed by atoms with Crippen LogP contribution in [0.25, 0.3) is 0 Å². The molecule has 0 aromatic heterocycles. The van der Waals surface area contributed by atoms with Crippen molar-refractivity contribution >= 4 is 11.6 Å². The molecule has 1 aliphatic heterocycles. The van der Waals surface area contributed by atoms with Gasteiger partial charge < -0.3 is 14.6 Å². The van der Waals surface area contributed by atoms with Crippen molar-refractivity contribution in [3.63, 3.8) is 0 Å². The molecule has 3 rings (SSSR count). The Morgan fingerprint density at radius 3 is 2.37 bits per heavy atom. The molecule has 0 saturated heterocycles. The summed E-state index contributed by atoms with van der Waals surface area (Å²) in [7, 11) is 0. The predicted molar refractivity (Wildman–Crippen MR) is 74.0 cm³/mol. The van der Waals surface area contributed by atoms with E-state index in [9.17, 15) is 5.11 Å². The van der Waals surface area contributed by atoms with Crippen LogP contribution in [-0.2, 0) is 0 Å². The highest BCUT2D eigenvalue weighted by molar-refractivity contribution is 6.31. The molecule has 0 spiro atoms. The van der Waals surface area contributed by atoms with Crippen LogP contribution in [0.5, 0.6) is 11.5 Å². The largest absolute Gasteiger partial charge is 0.486 e. The molecule has 1 fully saturated rings. The maximum atomic E-state index is 10.5. The van der Waals surface area contributed by atoms with E-state index >= 15 is 0 Å². The van der Waals surface area contributed by atoms with Crippen LogP contribution in [0.2, 0.25) is 5.02 Å². The number of fused-ring (bicyclic) bond motifs is 1. The molecule has 1 aromatic rings. The Morgan fingerprint density at radius 2 is 1.68 bits per heavy atom. The molecular weight excluding hydrogens is 264 g/mol. The second-order valence-corrected chi connectivity index (χ2v) is 5.77. The van der Waals surface area contributed by atoms with Crippen molar-refractivity contribution in [1.29, 1.82) is 0 Å². The molecule has 1 saturated carbocycles. The Hall–Kier alpha value is -0.930. The molecule has 0 amide bonds. The molecule has 1 aliphatic carbocycles. The lowest BCUT2D eigenvalue weighted by Gasteiger charge is -2.28. The average Bonchev–Trinajstić information content (AvgIpc) is 2.47. The van der Waals surface area contributed by atoms with Gasteiger partial charge in [-0.2, -0.15) is 0 Å². The molecule has 1 aromatic carbocycles. The first-order valence-electron chi connectivity index (χ1n) is 7.03. The Kier molecular flexibility index (Phi) is 3.85. The summed E-state index contributed by atoms with van der Waals surface area (Å²) in [5.74, 6) is 1.69. The van der Waals surface area contributed by atoms with E-state index in [1.54, 1.807) is 6.07 Å². The molecule has 3 nitrogen and oxygen atoms in total. The van der Waals surface area contributed by atoms with Crippen LogP contribution in [0.3, 0.4) is 0 Å². The van der Waals surface area contributed by atoms with Crippen molar-refractivity contribution in [3.05, 3.63) is 22.7 Å². The van der Waals surface area contributed by atoms with E-state index in [-0.39, 0.29) is 0 Å². The van der Waals surface area contributed by atoms with E-state index in [0.717, 1.165) is 18.4 Å². The third-order valence-electron chi connectivity index (χ3n) is 4.08. The van der Waals surface area contributed by atoms with Crippen molar-refractivity contribution in [3.8, 4) is 11.5 Å². The number of halogens is 1. The maximum absolute atomic E-state index is 10.5. The van der Waals surface area contributed by atoms with Gasteiger partial charge in [-0.3, -0.25) is 0 Å². The molecule has 1 unspecified atom stereocenters. The minimum atomic E-state index is -0.497. The van der Waals surface area contributed by atoms with Crippen LogP contribution in [0.4, 0.5) is 0 Å². The molecule has 104 valence electrons. The third-order valence-corrected chi connectivity index (χ3v) is 4.40. The third kappa shape index (κ3) is 2.67. The SMILES string of the molecule is OC(c1cc2c(cc1Cl)OCCO2)C1CCCCC1. The lowest BCUT2D eigenvalue weighted by atomic mass is 9.82. The van der Waals surface area contributed by atoms with Crippen LogP contribution >= 0.6 is 11.6 Å². The van der Waals surface area contributed by atoms with Gasteiger partial charge in [-0.25, -0.2) is 0 Å². The fourth-order valence-corrected chi connectivity index (χ4v) is 3.28. The molecule has 0 radical (unpaired) electrons. The van der Waals surface area contributed by atoms with Gasteiger partial charge in [0.2, 0.25) is 0 Å². The Balaban J connectivity index is 1.86. The zero-order valence-electron chi connectivity index (χ0n) is 10.9. The number of hydrogen-bond donors (Lipinski definition) is 1. The molecule has 1 atom stereocenters.